The number of rotatable bonds is 3. The lowest BCUT2D eigenvalue weighted by molar-refractivity contribution is 0.177. The molecule has 0 radical (unpaired) electrons. The highest BCUT2D eigenvalue weighted by molar-refractivity contribution is 5.70. The van der Waals surface area contributed by atoms with Crippen molar-refractivity contribution in [2.75, 3.05) is 13.2 Å². The zero-order chi connectivity index (χ0) is 10.7. The maximum atomic E-state index is 10.9. The average molecular weight is 207 g/mol. The van der Waals surface area contributed by atoms with E-state index in [0.717, 1.165) is 11.3 Å². The molecule has 0 bridgehead atoms. The molecule has 1 heterocycles. The Hall–Kier alpha value is -1.71. The number of benzene rings is 1. The monoisotopic (exact) mass is 207 g/mol. The Labute approximate surface area is 88.2 Å². The van der Waals surface area contributed by atoms with Gasteiger partial charge in [-0.1, -0.05) is 12.1 Å². The highest BCUT2D eigenvalue weighted by Crippen LogP contribution is 2.22. The number of alkyl carbamates (subject to hydrolysis) is 1. The van der Waals surface area contributed by atoms with Crippen LogP contribution in [0.15, 0.2) is 24.3 Å². The van der Waals surface area contributed by atoms with Crippen molar-refractivity contribution < 1.29 is 14.3 Å². The van der Waals surface area contributed by atoms with Crippen LogP contribution in [-0.4, -0.2) is 19.3 Å². The second-order valence-electron chi connectivity index (χ2n) is 3.30. The molecule has 80 valence electrons. The first-order valence-corrected chi connectivity index (χ1v) is 4.95. The van der Waals surface area contributed by atoms with Crippen LogP contribution in [0.5, 0.6) is 5.75 Å². The number of hydrogen-bond donors (Lipinski definition) is 1. The normalized spacial score (nSPS) is 19.5. The second-order valence-corrected chi connectivity index (χ2v) is 3.30. The summed E-state index contributed by atoms with van der Waals surface area (Å²) in [4.78, 5) is 10.9. The summed E-state index contributed by atoms with van der Waals surface area (Å²) < 4.78 is 10.2. The smallest absolute Gasteiger partial charge is 0.407 e. The van der Waals surface area contributed by atoms with Crippen LogP contribution in [0.1, 0.15) is 18.5 Å². The van der Waals surface area contributed by atoms with Crippen LogP contribution in [0.3, 0.4) is 0 Å². The van der Waals surface area contributed by atoms with Crippen molar-refractivity contribution in [3.05, 3.63) is 29.8 Å². The minimum atomic E-state index is -0.359. The summed E-state index contributed by atoms with van der Waals surface area (Å²) in [5.74, 6) is 0.816. The number of carbonyl (C=O) groups excluding carboxylic acids is 1. The van der Waals surface area contributed by atoms with Crippen molar-refractivity contribution >= 4 is 6.09 Å². The van der Waals surface area contributed by atoms with Crippen molar-refractivity contribution in [3.8, 4) is 5.75 Å². The van der Waals surface area contributed by atoms with Gasteiger partial charge in [-0.2, -0.15) is 0 Å². The number of amides is 1. The van der Waals surface area contributed by atoms with Crippen LogP contribution < -0.4 is 10.1 Å². The van der Waals surface area contributed by atoms with Crippen LogP contribution in [0, 0.1) is 0 Å². The quantitative estimate of drug-likeness (QED) is 0.823. The molecule has 1 fully saturated rings. The largest absolute Gasteiger partial charge is 0.494 e. The fourth-order valence-electron chi connectivity index (χ4n) is 1.55. The highest BCUT2D eigenvalue weighted by atomic mass is 16.6. The molecule has 1 aliphatic heterocycles. The lowest BCUT2D eigenvalue weighted by atomic mass is 10.1. The molecule has 2 rings (SSSR count). The van der Waals surface area contributed by atoms with E-state index in [0.29, 0.717) is 13.2 Å². The van der Waals surface area contributed by atoms with Gasteiger partial charge in [-0.05, 0) is 24.6 Å². The molecular formula is C11H13NO3. The minimum Gasteiger partial charge on any atom is -0.494 e. The first-order valence-electron chi connectivity index (χ1n) is 4.95. The molecule has 0 saturated carbocycles. The molecule has 15 heavy (non-hydrogen) atoms. The van der Waals surface area contributed by atoms with E-state index < -0.39 is 0 Å². The summed E-state index contributed by atoms with van der Waals surface area (Å²) in [7, 11) is 0. The van der Waals surface area contributed by atoms with Gasteiger partial charge < -0.3 is 14.8 Å². The third-order valence-corrected chi connectivity index (χ3v) is 2.24. The number of ether oxygens (including phenoxy) is 2. The van der Waals surface area contributed by atoms with Gasteiger partial charge in [0.25, 0.3) is 0 Å². The first kappa shape index (κ1) is 9.83. The van der Waals surface area contributed by atoms with E-state index in [4.69, 9.17) is 9.47 Å². The van der Waals surface area contributed by atoms with Gasteiger partial charge in [-0.15, -0.1) is 0 Å². The number of cyclic esters (lactones) is 1. The third kappa shape index (κ3) is 2.21. The van der Waals surface area contributed by atoms with E-state index in [-0.39, 0.29) is 12.1 Å². The zero-order valence-electron chi connectivity index (χ0n) is 8.53. The van der Waals surface area contributed by atoms with Crippen molar-refractivity contribution in [2.24, 2.45) is 0 Å². The topological polar surface area (TPSA) is 47.6 Å². The minimum absolute atomic E-state index is 0.0575. The summed E-state index contributed by atoms with van der Waals surface area (Å²) in [6.45, 7) is 2.96. The summed E-state index contributed by atoms with van der Waals surface area (Å²) in [6.07, 6.45) is -0.359. The van der Waals surface area contributed by atoms with E-state index >= 15 is 0 Å². The fourth-order valence-corrected chi connectivity index (χ4v) is 1.55. The highest BCUT2D eigenvalue weighted by Gasteiger charge is 2.23. The lowest BCUT2D eigenvalue weighted by Gasteiger charge is -2.09. The molecule has 1 atom stereocenters. The van der Waals surface area contributed by atoms with E-state index in [1.54, 1.807) is 0 Å². The summed E-state index contributed by atoms with van der Waals surface area (Å²) in [5.41, 5.74) is 1.01. The molecule has 1 amide bonds. The van der Waals surface area contributed by atoms with Gasteiger partial charge in [-0.25, -0.2) is 4.79 Å². The predicted molar refractivity (Wildman–Crippen MR) is 54.8 cm³/mol. The molecule has 1 aromatic rings. The maximum Gasteiger partial charge on any atom is 0.407 e. The SMILES string of the molecule is CCOc1cccc(C2COC(=O)N2)c1. The van der Waals surface area contributed by atoms with Gasteiger partial charge in [0.2, 0.25) is 0 Å². The molecule has 0 aliphatic carbocycles. The van der Waals surface area contributed by atoms with Crippen molar-refractivity contribution in [2.45, 2.75) is 13.0 Å². The number of carbonyl (C=O) groups is 1. The molecule has 1 unspecified atom stereocenters. The molecule has 4 heteroatoms. The van der Waals surface area contributed by atoms with Gasteiger partial charge in [0, 0.05) is 0 Å². The van der Waals surface area contributed by atoms with Crippen LogP contribution in [0.4, 0.5) is 4.79 Å². The molecule has 1 saturated heterocycles. The molecule has 0 aromatic heterocycles. The Morgan fingerprint density at radius 1 is 1.60 bits per heavy atom. The number of nitrogens with one attached hydrogen (secondary N) is 1. The Balaban J connectivity index is 2.14. The Bertz CT molecular complexity index is 365. The van der Waals surface area contributed by atoms with E-state index in [2.05, 4.69) is 5.32 Å². The first-order chi connectivity index (χ1) is 7.29. The Morgan fingerprint density at radius 2 is 2.47 bits per heavy atom. The standard InChI is InChI=1S/C11H13NO3/c1-2-14-9-5-3-4-8(6-9)10-7-15-11(13)12-10/h3-6,10H,2,7H2,1H3,(H,12,13). The van der Waals surface area contributed by atoms with Crippen LogP contribution in [0.25, 0.3) is 0 Å². The molecule has 1 N–H and O–H groups in total. The second kappa shape index (κ2) is 4.21. The van der Waals surface area contributed by atoms with Crippen LogP contribution in [-0.2, 0) is 4.74 Å². The Morgan fingerprint density at radius 3 is 3.13 bits per heavy atom. The molecule has 1 aliphatic rings. The van der Waals surface area contributed by atoms with Gasteiger partial charge in [0.05, 0.1) is 12.6 Å². The van der Waals surface area contributed by atoms with Gasteiger partial charge in [0.15, 0.2) is 0 Å². The molecular weight excluding hydrogens is 194 g/mol. The molecule has 0 spiro atoms. The lowest BCUT2D eigenvalue weighted by Crippen LogP contribution is -2.18. The summed E-state index contributed by atoms with van der Waals surface area (Å²) in [5, 5.41) is 2.72. The molecule has 4 nitrogen and oxygen atoms in total. The third-order valence-electron chi connectivity index (χ3n) is 2.24. The summed E-state index contributed by atoms with van der Waals surface area (Å²) >= 11 is 0. The van der Waals surface area contributed by atoms with E-state index in [9.17, 15) is 4.79 Å². The van der Waals surface area contributed by atoms with E-state index in [1.165, 1.54) is 0 Å². The zero-order valence-corrected chi connectivity index (χ0v) is 8.53. The maximum absolute atomic E-state index is 10.9. The van der Waals surface area contributed by atoms with Crippen LogP contribution >= 0.6 is 0 Å². The van der Waals surface area contributed by atoms with Gasteiger partial charge >= 0.3 is 6.09 Å². The van der Waals surface area contributed by atoms with Gasteiger partial charge in [-0.3, -0.25) is 0 Å². The van der Waals surface area contributed by atoms with E-state index in [1.807, 2.05) is 31.2 Å². The van der Waals surface area contributed by atoms with Crippen LogP contribution in [0.2, 0.25) is 0 Å². The predicted octanol–water partition coefficient (Wildman–Crippen LogP) is 1.87. The van der Waals surface area contributed by atoms with Crippen molar-refractivity contribution in [1.82, 2.24) is 5.32 Å². The summed E-state index contributed by atoms with van der Waals surface area (Å²) in [6, 6.07) is 7.61. The Kier molecular flexibility index (Phi) is 2.76. The van der Waals surface area contributed by atoms with Gasteiger partial charge in [0.1, 0.15) is 12.4 Å². The van der Waals surface area contributed by atoms with Crippen molar-refractivity contribution in [3.63, 3.8) is 0 Å². The molecule has 1 aromatic carbocycles. The van der Waals surface area contributed by atoms with Crippen molar-refractivity contribution in [1.29, 1.82) is 0 Å². The number of hydrogen-bond acceptors (Lipinski definition) is 3. The fraction of sp³-hybridized carbons (Fsp3) is 0.364. The average Bonchev–Trinajstić information content (AvgIpc) is 2.66.